The molecule has 4 nitrogen and oxygen atoms in total. The van der Waals surface area contributed by atoms with Crippen LogP contribution in [-0.4, -0.2) is 14.8 Å². The molecule has 5 heteroatoms. The van der Waals surface area contributed by atoms with Crippen LogP contribution in [0.1, 0.15) is 5.69 Å². The van der Waals surface area contributed by atoms with Gasteiger partial charge in [-0.15, -0.1) is 5.48 Å². The maximum atomic E-state index is 8.60. The molecule has 1 aromatic rings. The Morgan fingerprint density at radius 2 is 2.60 bits per heavy atom. The summed E-state index contributed by atoms with van der Waals surface area (Å²) in [6, 6.07) is 0. The van der Waals surface area contributed by atoms with Crippen molar-refractivity contribution in [2.45, 2.75) is 5.33 Å². The molecule has 0 saturated carbocycles. The predicted molar refractivity (Wildman–Crippen MR) is 39.2 cm³/mol. The van der Waals surface area contributed by atoms with Crippen LogP contribution in [0, 0.1) is 0 Å². The summed E-state index contributed by atoms with van der Waals surface area (Å²) in [5.74, 6) is 0.578. The van der Waals surface area contributed by atoms with Crippen molar-refractivity contribution in [3.05, 3.63) is 11.9 Å². The largest absolute Gasteiger partial charge is 0.338 e. The van der Waals surface area contributed by atoms with Gasteiger partial charge >= 0.3 is 5.95 Å². The fraction of sp³-hybridized carbons (Fsp3) is 0.400. The lowest BCUT2D eigenvalue weighted by atomic mass is 10.5. The number of quaternary nitrogens is 1. The van der Waals surface area contributed by atoms with Crippen molar-refractivity contribution < 1.29 is 10.7 Å². The van der Waals surface area contributed by atoms with Gasteiger partial charge in [0.05, 0.1) is 11.9 Å². The molecule has 0 aliphatic carbocycles. The average molecular weight is 207 g/mol. The number of halogens is 1. The van der Waals surface area contributed by atoms with Gasteiger partial charge in [-0.05, 0) is 0 Å². The Labute approximate surface area is 67.0 Å². The van der Waals surface area contributed by atoms with Crippen molar-refractivity contribution in [3.8, 4) is 0 Å². The molecule has 56 valence electrons. The zero-order valence-electron chi connectivity index (χ0n) is 5.58. The van der Waals surface area contributed by atoms with Gasteiger partial charge < -0.3 is 0 Å². The van der Waals surface area contributed by atoms with Gasteiger partial charge in [0.25, 0.3) is 0 Å². The van der Waals surface area contributed by atoms with Crippen LogP contribution in [0.4, 0.5) is 5.95 Å². The summed E-state index contributed by atoms with van der Waals surface area (Å²) in [6.07, 6.45) is 1.72. The van der Waals surface area contributed by atoms with E-state index in [-0.39, 0.29) is 0 Å². The molecule has 3 N–H and O–H groups in total. The summed E-state index contributed by atoms with van der Waals surface area (Å²) in [5, 5.41) is 9.36. The van der Waals surface area contributed by atoms with Crippen molar-refractivity contribution in [2.24, 2.45) is 7.05 Å². The Kier molecular flexibility index (Phi) is 2.42. The summed E-state index contributed by atoms with van der Waals surface area (Å²) in [5.41, 5.74) is 2.03. The Morgan fingerprint density at radius 3 is 2.90 bits per heavy atom. The number of aromatic nitrogens is 2. The van der Waals surface area contributed by atoms with E-state index in [0.717, 1.165) is 16.5 Å². The van der Waals surface area contributed by atoms with E-state index in [9.17, 15) is 0 Å². The molecule has 1 heterocycles. The van der Waals surface area contributed by atoms with Gasteiger partial charge in [-0.2, -0.15) is 4.98 Å². The normalized spacial score (nSPS) is 10.3. The van der Waals surface area contributed by atoms with Gasteiger partial charge in [0, 0.05) is 12.4 Å². The zero-order chi connectivity index (χ0) is 7.56. The van der Waals surface area contributed by atoms with Crippen molar-refractivity contribution in [3.63, 3.8) is 0 Å². The Morgan fingerprint density at radius 1 is 1.90 bits per heavy atom. The second-order valence-electron chi connectivity index (χ2n) is 1.93. The van der Waals surface area contributed by atoms with E-state index in [4.69, 9.17) is 5.21 Å². The lowest BCUT2D eigenvalue weighted by molar-refractivity contribution is -0.831. The molecule has 0 unspecified atom stereocenters. The van der Waals surface area contributed by atoms with Crippen LogP contribution in [0.25, 0.3) is 0 Å². The molecule has 0 amide bonds. The van der Waals surface area contributed by atoms with Crippen molar-refractivity contribution in [1.82, 2.24) is 9.55 Å². The van der Waals surface area contributed by atoms with Gasteiger partial charge in [0.15, 0.2) is 0 Å². The highest BCUT2D eigenvalue weighted by molar-refractivity contribution is 9.08. The third-order valence-corrected chi connectivity index (χ3v) is 1.95. The molecule has 0 saturated heterocycles. The van der Waals surface area contributed by atoms with E-state index in [2.05, 4.69) is 20.9 Å². The van der Waals surface area contributed by atoms with Crippen molar-refractivity contribution >= 4 is 21.9 Å². The van der Waals surface area contributed by atoms with Gasteiger partial charge in [0.2, 0.25) is 0 Å². The first-order valence-electron chi connectivity index (χ1n) is 2.83. The lowest BCUT2D eigenvalue weighted by Crippen LogP contribution is -2.75. The topological polar surface area (TPSA) is 54.7 Å². The van der Waals surface area contributed by atoms with Crippen LogP contribution in [0.2, 0.25) is 0 Å². The van der Waals surface area contributed by atoms with Crippen LogP contribution in [0.3, 0.4) is 0 Å². The van der Waals surface area contributed by atoms with E-state index >= 15 is 0 Å². The van der Waals surface area contributed by atoms with E-state index < -0.39 is 0 Å². The first-order valence-corrected chi connectivity index (χ1v) is 3.95. The van der Waals surface area contributed by atoms with E-state index in [1.807, 2.05) is 11.6 Å². The summed E-state index contributed by atoms with van der Waals surface area (Å²) in [6.45, 7) is 0. The molecule has 0 fully saturated rings. The van der Waals surface area contributed by atoms with E-state index in [1.165, 1.54) is 0 Å². The Hall–Kier alpha value is -0.390. The second kappa shape index (κ2) is 3.14. The van der Waals surface area contributed by atoms with Crippen LogP contribution in [0.15, 0.2) is 6.20 Å². The number of nitrogens with two attached hydrogens (primary N) is 1. The number of nitrogens with zero attached hydrogens (tertiary/aromatic N) is 2. The molecule has 10 heavy (non-hydrogen) atoms. The molecular formula is C5H9BrN3O+. The third kappa shape index (κ3) is 1.21. The van der Waals surface area contributed by atoms with Gasteiger partial charge in [-0.25, -0.2) is 5.21 Å². The Bertz CT molecular complexity index is 201. The zero-order valence-corrected chi connectivity index (χ0v) is 7.17. The molecule has 0 spiro atoms. The maximum absolute atomic E-state index is 8.60. The van der Waals surface area contributed by atoms with Crippen molar-refractivity contribution in [2.75, 3.05) is 0 Å². The summed E-state index contributed by atoms with van der Waals surface area (Å²) >= 11 is 3.29. The SMILES string of the molecule is Cn1c(CBr)cnc1[NH2+]O. The van der Waals surface area contributed by atoms with Crippen molar-refractivity contribution in [1.29, 1.82) is 0 Å². The fourth-order valence-corrected chi connectivity index (χ4v) is 1.23. The number of alkyl halides is 1. The Balaban J connectivity index is 2.97. The van der Waals surface area contributed by atoms with Gasteiger partial charge in [-0.3, -0.25) is 4.57 Å². The summed E-state index contributed by atoms with van der Waals surface area (Å²) in [7, 11) is 1.85. The fourth-order valence-electron chi connectivity index (χ4n) is 0.705. The quantitative estimate of drug-likeness (QED) is 0.525. The molecule has 0 aromatic carbocycles. The first kappa shape index (κ1) is 7.71. The highest BCUT2D eigenvalue weighted by Gasteiger charge is 2.06. The molecule has 0 atom stereocenters. The third-order valence-electron chi connectivity index (χ3n) is 1.37. The summed E-state index contributed by atoms with van der Waals surface area (Å²) < 4.78 is 1.81. The van der Waals surface area contributed by atoms with Gasteiger partial charge in [0.1, 0.15) is 0 Å². The highest BCUT2D eigenvalue weighted by Crippen LogP contribution is 2.06. The number of rotatable bonds is 2. The smallest absolute Gasteiger partial charge is 0.283 e. The molecule has 0 bridgehead atoms. The van der Waals surface area contributed by atoms with E-state index in [1.54, 1.807) is 6.20 Å². The molecule has 1 aromatic heterocycles. The minimum absolute atomic E-state index is 0.578. The second-order valence-corrected chi connectivity index (χ2v) is 2.49. The van der Waals surface area contributed by atoms with Gasteiger partial charge in [-0.1, -0.05) is 15.9 Å². The monoisotopic (exact) mass is 206 g/mol. The van der Waals surface area contributed by atoms with E-state index in [0.29, 0.717) is 5.95 Å². The number of imidazole rings is 1. The van der Waals surface area contributed by atoms with Crippen LogP contribution in [-0.2, 0) is 12.4 Å². The minimum atomic E-state index is 0.578. The maximum Gasteiger partial charge on any atom is 0.338 e. The lowest BCUT2D eigenvalue weighted by Gasteiger charge is -1.95. The first-order chi connectivity index (χ1) is 4.79. The average Bonchev–Trinajstić information content (AvgIpc) is 2.30. The molecule has 0 radical (unpaired) electrons. The molecule has 0 aliphatic heterocycles. The van der Waals surface area contributed by atoms with Crippen LogP contribution in [0.5, 0.6) is 0 Å². The molecular weight excluding hydrogens is 198 g/mol. The highest BCUT2D eigenvalue weighted by atomic mass is 79.9. The minimum Gasteiger partial charge on any atom is -0.283 e. The van der Waals surface area contributed by atoms with Crippen LogP contribution >= 0.6 is 15.9 Å². The van der Waals surface area contributed by atoms with Crippen LogP contribution < -0.4 is 5.48 Å². The molecule has 1 rings (SSSR count). The summed E-state index contributed by atoms with van der Waals surface area (Å²) in [4.78, 5) is 3.93. The number of hydrogen-bond acceptors (Lipinski definition) is 2. The standard InChI is InChI=1S/C5H8BrN3O/c1-9-4(2-6)3-7-5(9)8-10/h3,10H,2H2,1H3,(H,7,8)/p+1. The predicted octanol–water partition coefficient (Wildman–Crippen LogP) is -0.101. The molecule has 0 aliphatic rings. The number of hydrogen-bond donors (Lipinski definition) is 2.